The van der Waals surface area contributed by atoms with Crippen LogP contribution in [0.5, 0.6) is 0 Å². The van der Waals surface area contributed by atoms with Crippen molar-refractivity contribution in [1.29, 1.82) is 0 Å². The van der Waals surface area contributed by atoms with Gasteiger partial charge in [-0.1, -0.05) is 68.3 Å². The summed E-state index contributed by atoms with van der Waals surface area (Å²) < 4.78 is 15.0. The molecule has 172 valence electrons. The molecule has 1 aliphatic rings. The van der Waals surface area contributed by atoms with Crippen LogP contribution in [0.25, 0.3) is 10.9 Å². The third kappa shape index (κ3) is 4.14. The molecule has 0 aliphatic carbocycles. The van der Waals surface area contributed by atoms with Crippen LogP contribution in [0, 0.1) is 5.82 Å². The molecule has 0 saturated heterocycles. The van der Waals surface area contributed by atoms with Crippen LogP contribution in [-0.2, 0) is 11.2 Å². The van der Waals surface area contributed by atoms with E-state index in [-0.39, 0.29) is 11.7 Å². The average molecular weight is 454 g/mol. The number of hydrogen-bond acceptors (Lipinski definition) is 2. The first-order valence-corrected chi connectivity index (χ1v) is 12.0. The third-order valence-electron chi connectivity index (χ3n) is 6.49. The third-order valence-corrected chi connectivity index (χ3v) is 6.49. The van der Waals surface area contributed by atoms with Gasteiger partial charge in [0.15, 0.2) is 0 Å². The average Bonchev–Trinajstić information content (AvgIpc) is 3.23. The molecule has 1 atom stereocenters. The minimum absolute atomic E-state index is 0.0415. The van der Waals surface area contributed by atoms with E-state index in [2.05, 4.69) is 18.0 Å². The number of benzodiazepines with no additional fused rings is 1. The molecular weight excluding hydrogens is 425 g/mol. The second-order valence-electron chi connectivity index (χ2n) is 8.75. The molecule has 1 N–H and O–H groups in total. The van der Waals surface area contributed by atoms with Crippen LogP contribution < -0.4 is 4.90 Å². The van der Waals surface area contributed by atoms with E-state index in [9.17, 15) is 9.18 Å². The molecule has 5 heteroatoms. The molecule has 5 rings (SSSR count). The van der Waals surface area contributed by atoms with Gasteiger partial charge in [0.05, 0.1) is 11.4 Å². The van der Waals surface area contributed by atoms with Gasteiger partial charge in [-0.2, -0.15) is 0 Å². The Balaban J connectivity index is 1.64. The van der Waals surface area contributed by atoms with E-state index in [0.717, 1.165) is 47.0 Å². The summed E-state index contributed by atoms with van der Waals surface area (Å²) in [5.74, 6) is -0.381. The quantitative estimate of drug-likeness (QED) is 0.328. The largest absolute Gasteiger partial charge is 0.361 e. The number of para-hydroxylation sites is 2. The van der Waals surface area contributed by atoms with Gasteiger partial charge in [0.2, 0.25) is 0 Å². The fourth-order valence-corrected chi connectivity index (χ4v) is 4.75. The first-order valence-electron chi connectivity index (χ1n) is 12.0. The standard InChI is InChI=1S/C29H28FN3O/c1-2-3-10-17-33-27-16-9-6-13-23(27)28(22-12-4-7-14-24(22)30)32-26(29(33)34)18-20-19-31-25-15-8-5-11-21(20)25/h4-9,11-16,19,26,31H,2-3,10,17-18H2,1H3/t26-/m1/s1. The molecule has 0 unspecified atom stereocenters. The highest BCUT2D eigenvalue weighted by molar-refractivity contribution is 6.20. The van der Waals surface area contributed by atoms with Crippen LogP contribution in [0.4, 0.5) is 10.1 Å². The summed E-state index contributed by atoms with van der Waals surface area (Å²) in [7, 11) is 0. The minimum Gasteiger partial charge on any atom is -0.361 e. The molecule has 0 spiro atoms. The van der Waals surface area contributed by atoms with Crippen LogP contribution in [-0.4, -0.2) is 29.2 Å². The maximum absolute atomic E-state index is 15.0. The number of halogens is 1. The Morgan fingerprint density at radius 1 is 0.941 bits per heavy atom. The maximum atomic E-state index is 15.0. The second-order valence-corrected chi connectivity index (χ2v) is 8.75. The maximum Gasteiger partial charge on any atom is 0.252 e. The minimum atomic E-state index is -0.650. The van der Waals surface area contributed by atoms with Crippen LogP contribution in [0.2, 0.25) is 0 Å². The summed E-state index contributed by atoms with van der Waals surface area (Å²) in [6.07, 6.45) is 5.42. The van der Waals surface area contributed by atoms with Gasteiger partial charge in [-0.3, -0.25) is 9.79 Å². The number of amides is 1. The molecule has 1 aliphatic heterocycles. The second kappa shape index (κ2) is 9.64. The van der Waals surface area contributed by atoms with E-state index in [4.69, 9.17) is 4.99 Å². The molecule has 3 aromatic carbocycles. The van der Waals surface area contributed by atoms with Gasteiger partial charge in [0, 0.05) is 41.2 Å². The van der Waals surface area contributed by atoms with Crippen LogP contribution in [0.3, 0.4) is 0 Å². The number of rotatable bonds is 7. The number of H-pyrrole nitrogens is 1. The van der Waals surface area contributed by atoms with Gasteiger partial charge < -0.3 is 9.88 Å². The van der Waals surface area contributed by atoms with Crippen molar-refractivity contribution in [3.63, 3.8) is 0 Å². The van der Waals surface area contributed by atoms with Crippen molar-refractivity contribution in [2.75, 3.05) is 11.4 Å². The zero-order valence-corrected chi connectivity index (χ0v) is 19.3. The summed E-state index contributed by atoms with van der Waals surface area (Å²) >= 11 is 0. The monoisotopic (exact) mass is 453 g/mol. The zero-order chi connectivity index (χ0) is 23.5. The fourth-order valence-electron chi connectivity index (χ4n) is 4.75. The summed E-state index contributed by atoms with van der Waals surface area (Å²) in [4.78, 5) is 24.1. The zero-order valence-electron chi connectivity index (χ0n) is 19.3. The van der Waals surface area contributed by atoms with Gasteiger partial charge in [-0.05, 0) is 36.2 Å². The van der Waals surface area contributed by atoms with Crippen LogP contribution in [0.1, 0.15) is 42.9 Å². The number of hydrogen-bond donors (Lipinski definition) is 1. The molecule has 4 nitrogen and oxygen atoms in total. The number of fused-ring (bicyclic) bond motifs is 2. The number of unbranched alkanes of at least 4 members (excludes halogenated alkanes) is 2. The predicted octanol–water partition coefficient (Wildman–Crippen LogP) is 6.29. The van der Waals surface area contributed by atoms with E-state index in [1.807, 2.05) is 59.6 Å². The molecular formula is C29H28FN3O. The molecule has 0 radical (unpaired) electrons. The van der Waals surface area contributed by atoms with Crippen molar-refractivity contribution in [1.82, 2.24) is 4.98 Å². The molecule has 34 heavy (non-hydrogen) atoms. The molecule has 1 amide bonds. The molecule has 2 heterocycles. The Labute approximate surface area is 199 Å². The number of nitrogens with zero attached hydrogens (tertiary/aromatic N) is 2. The van der Waals surface area contributed by atoms with Crippen molar-refractivity contribution in [3.05, 3.63) is 102 Å². The van der Waals surface area contributed by atoms with E-state index in [1.54, 1.807) is 12.1 Å². The summed E-state index contributed by atoms with van der Waals surface area (Å²) in [6.45, 7) is 2.77. The van der Waals surface area contributed by atoms with Crippen molar-refractivity contribution < 1.29 is 9.18 Å². The normalized spacial score (nSPS) is 15.8. The Kier molecular flexibility index (Phi) is 6.26. The number of carbonyl (C=O) groups excluding carboxylic acids is 1. The van der Waals surface area contributed by atoms with E-state index in [1.165, 1.54) is 6.07 Å². The number of anilines is 1. The number of carbonyl (C=O) groups is 1. The number of aromatic amines is 1. The molecule has 0 bridgehead atoms. The Morgan fingerprint density at radius 3 is 2.50 bits per heavy atom. The van der Waals surface area contributed by atoms with Crippen LogP contribution >= 0.6 is 0 Å². The van der Waals surface area contributed by atoms with Gasteiger partial charge in [0.1, 0.15) is 11.9 Å². The Bertz CT molecular complexity index is 1360. The lowest BCUT2D eigenvalue weighted by molar-refractivity contribution is -0.119. The molecule has 1 aromatic heterocycles. The van der Waals surface area contributed by atoms with Crippen molar-refractivity contribution in [2.24, 2.45) is 4.99 Å². The van der Waals surface area contributed by atoms with E-state index >= 15 is 0 Å². The first-order chi connectivity index (χ1) is 16.7. The number of aliphatic imine (C=N–C) groups is 1. The Morgan fingerprint density at radius 2 is 1.68 bits per heavy atom. The predicted molar refractivity (Wildman–Crippen MR) is 136 cm³/mol. The van der Waals surface area contributed by atoms with E-state index < -0.39 is 6.04 Å². The van der Waals surface area contributed by atoms with Crippen molar-refractivity contribution in [3.8, 4) is 0 Å². The highest BCUT2D eigenvalue weighted by atomic mass is 19.1. The van der Waals surface area contributed by atoms with Gasteiger partial charge in [-0.15, -0.1) is 0 Å². The van der Waals surface area contributed by atoms with Gasteiger partial charge in [-0.25, -0.2) is 4.39 Å². The number of nitrogens with one attached hydrogen (secondary N) is 1. The van der Waals surface area contributed by atoms with E-state index in [0.29, 0.717) is 24.2 Å². The first kappa shape index (κ1) is 22.1. The SMILES string of the molecule is CCCCCN1C(=O)[C@@H](Cc2c[nH]c3ccccc23)N=C(c2ccccc2F)c2ccccc21. The molecule has 4 aromatic rings. The van der Waals surface area contributed by atoms with Crippen molar-refractivity contribution >= 4 is 28.2 Å². The fraction of sp³-hybridized carbons (Fsp3) is 0.241. The molecule has 0 fully saturated rings. The van der Waals surface area contributed by atoms with Crippen molar-refractivity contribution in [2.45, 2.75) is 38.6 Å². The number of benzene rings is 3. The van der Waals surface area contributed by atoms with Gasteiger partial charge in [0.25, 0.3) is 5.91 Å². The number of aromatic nitrogens is 1. The van der Waals surface area contributed by atoms with Gasteiger partial charge >= 0.3 is 0 Å². The van der Waals surface area contributed by atoms with Crippen LogP contribution in [0.15, 0.2) is 84.0 Å². The molecule has 0 saturated carbocycles. The lowest BCUT2D eigenvalue weighted by Gasteiger charge is -2.25. The summed E-state index contributed by atoms with van der Waals surface area (Å²) in [6, 6.07) is 21.8. The smallest absolute Gasteiger partial charge is 0.252 e. The highest BCUT2D eigenvalue weighted by Crippen LogP contribution is 2.31. The lowest BCUT2D eigenvalue weighted by atomic mass is 9.99. The highest BCUT2D eigenvalue weighted by Gasteiger charge is 2.32. The lowest BCUT2D eigenvalue weighted by Crippen LogP contribution is -2.39. The summed E-state index contributed by atoms with van der Waals surface area (Å²) in [5, 5.41) is 1.08. The topological polar surface area (TPSA) is 48.5 Å². The Hall–Kier alpha value is -3.73. The summed E-state index contributed by atoms with van der Waals surface area (Å²) in [5.41, 5.74) is 4.60.